The molecule has 26 heavy (non-hydrogen) atoms. The van der Waals surface area contributed by atoms with E-state index in [1.807, 2.05) is 5.32 Å². The zero-order valence-electron chi connectivity index (χ0n) is 13.0. The molecule has 0 bridgehead atoms. The molecule has 0 atom stereocenters. The molecule has 1 aromatic heterocycles. The Bertz CT molecular complexity index is 947. The minimum absolute atomic E-state index is 0.139. The molecule has 3 rings (SSSR count). The van der Waals surface area contributed by atoms with E-state index >= 15 is 0 Å². The molecule has 2 heterocycles. The summed E-state index contributed by atoms with van der Waals surface area (Å²) in [6.07, 6.45) is 2.48. The first-order valence-corrected chi connectivity index (χ1v) is 7.25. The molecule has 1 aliphatic heterocycles. The van der Waals surface area contributed by atoms with Crippen molar-refractivity contribution in [2.45, 2.75) is 6.54 Å². The van der Waals surface area contributed by atoms with Crippen molar-refractivity contribution in [2.75, 3.05) is 0 Å². The first kappa shape index (κ1) is 16.9. The molecular weight excluding hydrogens is 346 g/mol. The van der Waals surface area contributed by atoms with Gasteiger partial charge in [0.1, 0.15) is 11.3 Å². The van der Waals surface area contributed by atoms with Crippen molar-refractivity contribution in [2.24, 2.45) is 0 Å². The number of amides is 4. The number of barbiturate groups is 1. The standard InChI is InChI=1S/C16H11N3O7/c20-13-4-3-9(7-12(13)19(24)25)6-11-14(21)17-16(23)18(15(11)22)8-10-2-1-5-26-10/h1-7,20H,8H2,(H,17,21,23). The second-order valence-electron chi connectivity index (χ2n) is 5.29. The Morgan fingerprint density at radius 2 is 2.04 bits per heavy atom. The van der Waals surface area contributed by atoms with Crippen LogP contribution in [0.3, 0.4) is 0 Å². The number of urea groups is 1. The molecule has 2 aromatic rings. The van der Waals surface area contributed by atoms with Crippen LogP contribution in [0.15, 0.2) is 46.6 Å². The van der Waals surface area contributed by atoms with Gasteiger partial charge in [0.25, 0.3) is 11.8 Å². The van der Waals surface area contributed by atoms with Crippen molar-refractivity contribution in [3.63, 3.8) is 0 Å². The van der Waals surface area contributed by atoms with Gasteiger partial charge in [0.15, 0.2) is 5.75 Å². The Kier molecular flexibility index (Phi) is 4.23. The fourth-order valence-electron chi connectivity index (χ4n) is 2.34. The molecule has 0 saturated carbocycles. The number of hydrogen-bond acceptors (Lipinski definition) is 7. The molecule has 2 N–H and O–H groups in total. The van der Waals surface area contributed by atoms with Crippen molar-refractivity contribution < 1.29 is 28.8 Å². The number of aromatic hydroxyl groups is 1. The van der Waals surface area contributed by atoms with E-state index in [1.165, 1.54) is 12.3 Å². The predicted octanol–water partition coefficient (Wildman–Crippen LogP) is 1.56. The fourth-order valence-corrected chi connectivity index (χ4v) is 2.34. The van der Waals surface area contributed by atoms with Crippen molar-refractivity contribution in [1.82, 2.24) is 10.2 Å². The van der Waals surface area contributed by atoms with E-state index in [0.29, 0.717) is 5.76 Å². The maximum absolute atomic E-state index is 12.5. The first-order chi connectivity index (χ1) is 12.4. The van der Waals surface area contributed by atoms with E-state index in [1.54, 1.807) is 12.1 Å². The van der Waals surface area contributed by atoms with Crippen molar-refractivity contribution in [3.05, 3.63) is 63.6 Å². The predicted molar refractivity (Wildman–Crippen MR) is 85.5 cm³/mol. The topological polar surface area (TPSA) is 143 Å². The van der Waals surface area contributed by atoms with Gasteiger partial charge in [-0.2, -0.15) is 0 Å². The van der Waals surface area contributed by atoms with Crippen LogP contribution >= 0.6 is 0 Å². The molecule has 1 fully saturated rings. The third kappa shape index (κ3) is 3.15. The summed E-state index contributed by atoms with van der Waals surface area (Å²) >= 11 is 0. The second-order valence-corrected chi connectivity index (χ2v) is 5.29. The van der Waals surface area contributed by atoms with Crippen LogP contribution in [0.2, 0.25) is 0 Å². The van der Waals surface area contributed by atoms with E-state index in [0.717, 1.165) is 23.1 Å². The van der Waals surface area contributed by atoms with Crippen molar-refractivity contribution >= 4 is 29.6 Å². The Morgan fingerprint density at radius 1 is 1.27 bits per heavy atom. The summed E-state index contributed by atoms with van der Waals surface area (Å²) in [6, 6.07) is 5.62. The van der Waals surface area contributed by atoms with Crippen LogP contribution in [0.4, 0.5) is 10.5 Å². The molecule has 0 spiro atoms. The molecule has 1 aromatic carbocycles. The van der Waals surface area contributed by atoms with Crippen LogP contribution in [0.5, 0.6) is 5.75 Å². The van der Waals surface area contributed by atoms with Gasteiger partial charge in [0.05, 0.1) is 17.7 Å². The molecule has 1 aliphatic rings. The molecule has 0 unspecified atom stereocenters. The minimum atomic E-state index is -0.925. The number of phenols is 1. The number of furan rings is 1. The first-order valence-electron chi connectivity index (χ1n) is 7.25. The highest BCUT2D eigenvalue weighted by Gasteiger charge is 2.36. The smallest absolute Gasteiger partial charge is 0.331 e. The highest BCUT2D eigenvalue weighted by atomic mass is 16.6. The van der Waals surface area contributed by atoms with E-state index in [-0.39, 0.29) is 17.7 Å². The molecule has 4 amide bonds. The number of imide groups is 2. The van der Waals surface area contributed by atoms with Crippen LogP contribution in [0.25, 0.3) is 6.08 Å². The van der Waals surface area contributed by atoms with E-state index < -0.39 is 34.2 Å². The van der Waals surface area contributed by atoms with Gasteiger partial charge in [0.2, 0.25) is 0 Å². The zero-order valence-corrected chi connectivity index (χ0v) is 13.0. The maximum atomic E-state index is 12.5. The average molecular weight is 357 g/mol. The Labute approximate surface area is 145 Å². The number of benzene rings is 1. The second kappa shape index (κ2) is 6.51. The minimum Gasteiger partial charge on any atom is -0.502 e. The monoisotopic (exact) mass is 357 g/mol. The number of phenolic OH excluding ortho intramolecular Hbond substituents is 1. The lowest BCUT2D eigenvalue weighted by molar-refractivity contribution is -0.385. The lowest BCUT2D eigenvalue weighted by atomic mass is 10.1. The maximum Gasteiger partial charge on any atom is 0.331 e. The summed E-state index contributed by atoms with van der Waals surface area (Å²) in [4.78, 5) is 47.3. The Balaban J connectivity index is 1.95. The summed E-state index contributed by atoms with van der Waals surface area (Å²) in [5.41, 5.74) is -0.817. The van der Waals surface area contributed by atoms with Crippen LogP contribution in [0, 0.1) is 10.1 Å². The number of hydrogen-bond donors (Lipinski definition) is 2. The van der Waals surface area contributed by atoms with Gasteiger partial charge in [-0.25, -0.2) is 4.79 Å². The number of nitrogens with zero attached hydrogens (tertiary/aromatic N) is 2. The van der Waals surface area contributed by atoms with Crippen LogP contribution in [0.1, 0.15) is 11.3 Å². The quantitative estimate of drug-likeness (QED) is 0.366. The highest BCUT2D eigenvalue weighted by Crippen LogP contribution is 2.27. The van der Waals surface area contributed by atoms with Gasteiger partial charge in [-0.3, -0.25) is 29.9 Å². The molecule has 0 radical (unpaired) electrons. The summed E-state index contributed by atoms with van der Waals surface area (Å²) in [6.45, 7) is -0.183. The number of rotatable bonds is 4. The van der Waals surface area contributed by atoms with E-state index in [2.05, 4.69) is 0 Å². The summed E-state index contributed by atoms with van der Waals surface area (Å²) in [5.74, 6) is -2.01. The highest BCUT2D eigenvalue weighted by molar-refractivity contribution is 6.30. The molecule has 10 nitrogen and oxygen atoms in total. The molecular formula is C16H11N3O7. The Hall–Kier alpha value is -3.95. The van der Waals surface area contributed by atoms with E-state index in [9.17, 15) is 29.6 Å². The molecule has 1 saturated heterocycles. The molecule has 10 heteroatoms. The third-order valence-electron chi connectivity index (χ3n) is 3.59. The number of carbonyl (C=O) groups excluding carboxylic acids is 3. The zero-order chi connectivity index (χ0) is 18.8. The average Bonchev–Trinajstić information content (AvgIpc) is 3.09. The normalized spacial score (nSPS) is 16.1. The lowest BCUT2D eigenvalue weighted by Gasteiger charge is -2.25. The van der Waals surface area contributed by atoms with Gasteiger partial charge in [-0.1, -0.05) is 6.07 Å². The number of nitrogens with one attached hydrogen (secondary N) is 1. The van der Waals surface area contributed by atoms with Crippen LogP contribution < -0.4 is 5.32 Å². The summed E-state index contributed by atoms with van der Waals surface area (Å²) in [5, 5.41) is 22.4. The third-order valence-corrected chi connectivity index (χ3v) is 3.59. The van der Waals surface area contributed by atoms with Crippen LogP contribution in [-0.2, 0) is 16.1 Å². The summed E-state index contributed by atoms with van der Waals surface area (Å²) < 4.78 is 5.09. The summed E-state index contributed by atoms with van der Waals surface area (Å²) in [7, 11) is 0. The van der Waals surface area contributed by atoms with Crippen molar-refractivity contribution in [1.29, 1.82) is 0 Å². The van der Waals surface area contributed by atoms with Gasteiger partial charge < -0.3 is 9.52 Å². The van der Waals surface area contributed by atoms with Gasteiger partial charge in [0, 0.05) is 6.07 Å². The number of nitro groups is 1. The molecule has 132 valence electrons. The van der Waals surface area contributed by atoms with Gasteiger partial charge in [-0.05, 0) is 29.8 Å². The molecule has 0 aliphatic carbocycles. The fraction of sp³-hybridized carbons (Fsp3) is 0.0625. The van der Waals surface area contributed by atoms with Crippen molar-refractivity contribution in [3.8, 4) is 5.75 Å². The Morgan fingerprint density at radius 3 is 2.69 bits per heavy atom. The number of carbonyl (C=O) groups is 3. The lowest BCUT2D eigenvalue weighted by Crippen LogP contribution is -2.53. The van der Waals surface area contributed by atoms with Gasteiger partial charge in [-0.15, -0.1) is 0 Å². The number of nitro benzene ring substituents is 1. The largest absolute Gasteiger partial charge is 0.502 e. The van der Waals surface area contributed by atoms with Gasteiger partial charge >= 0.3 is 11.7 Å². The van der Waals surface area contributed by atoms with Crippen LogP contribution in [-0.4, -0.2) is 32.8 Å². The van der Waals surface area contributed by atoms with E-state index in [4.69, 9.17) is 4.42 Å². The SMILES string of the molecule is O=C1NC(=O)N(Cc2ccco2)C(=O)C1=Cc1ccc(O)c([N+](=O)[O-])c1.